The van der Waals surface area contributed by atoms with Crippen LogP contribution in [0.15, 0.2) is 18.2 Å². The largest absolute Gasteiger partial charge is 0.423 e. The van der Waals surface area contributed by atoms with E-state index in [0.717, 1.165) is 63.4 Å². The van der Waals surface area contributed by atoms with Crippen LogP contribution >= 0.6 is 0 Å². The van der Waals surface area contributed by atoms with Gasteiger partial charge < -0.3 is 9.47 Å². The number of unbranched alkanes of at least 4 members (excludes halogenated alkanes) is 9. The van der Waals surface area contributed by atoms with Gasteiger partial charge in [0.1, 0.15) is 0 Å². The number of aryl methyl sites for hydroxylation is 1. The number of rotatable bonds is 17. The Morgan fingerprint density at radius 1 is 0.667 bits per heavy atom. The maximum atomic E-state index is 12.4. The first-order valence-corrected chi connectivity index (χ1v) is 12.2. The van der Waals surface area contributed by atoms with E-state index in [1.807, 2.05) is 12.1 Å². The van der Waals surface area contributed by atoms with Gasteiger partial charge in [0.2, 0.25) is 0 Å². The first-order chi connectivity index (χ1) is 14.6. The number of benzene rings is 1. The summed E-state index contributed by atoms with van der Waals surface area (Å²) < 4.78 is 11.3. The summed E-state index contributed by atoms with van der Waals surface area (Å²) in [6, 6.07) is 5.60. The fraction of sp³-hybridized carbons (Fsp3) is 0.692. The highest BCUT2D eigenvalue weighted by atomic mass is 16.6. The van der Waals surface area contributed by atoms with Crippen LogP contribution in [0.3, 0.4) is 0 Å². The van der Waals surface area contributed by atoms with E-state index in [0.29, 0.717) is 24.3 Å². The second kappa shape index (κ2) is 16.9. The summed E-state index contributed by atoms with van der Waals surface area (Å²) in [5, 5.41) is 0. The van der Waals surface area contributed by atoms with Crippen molar-refractivity contribution in [1.82, 2.24) is 0 Å². The monoisotopic (exact) mass is 418 g/mol. The summed E-state index contributed by atoms with van der Waals surface area (Å²) in [4.78, 5) is 24.6. The van der Waals surface area contributed by atoms with Crippen LogP contribution in [0.1, 0.15) is 116 Å². The van der Waals surface area contributed by atoms with E-state index in [9.17, 15) is 9.59 Å². The number of hydrogen-bond donors (Lipinski definition) is 0. The van der Waals surface area contributed by atoms with Crippen molar-refractivity contribution in [2.45, 2.75) is 117 Å². The summed E-state index contributed by atoms with van der Waals surface area (Å²) in [6.45, 7) is 6.43. The van der Waals surface area contributed by atoms with Gasteiger partial charge >= 0.3 is 11.9 Å². The minimum Gasteiger partial charge on any atom is -0.423 e. The van der Waals surface area contributed by atoms with Crippen molar-refractivity contribution in [2.75, 3.05) is 0 Å². The highest BCUT2D eigenvalue weighted by Crippen LogP contribution is 2.33. The molecule has 0 unspecified atom stereocenters. The molecule has 1 rings (SSSR count). The van der Waals surface area contributed by atoms with E-state index in [1.54, 1.807) is 6.07 Å². The number of carbonyl (C=O) groups is 2. The van der Waals surface area contributed by atoms with Crippen molar-refractivity contribution in [2.24, 2.45) is 0 Å². The minimum absolute atomic E-state index is 0.248. The van der Waals surface area contributed by atoms with Crippen LogP contribution in [0.4, 0.5) is 0 Å². The van der Waals surface area contributed by atoms with E-state index in [1.165, 1.54) is 25.7 Å². The van der Waals surface area contributed by atoms with Crippen LogP contribution in [0.2, 0.25) is 0 Å². The van der Waals surface area contributed by atoms with Crippen molar-refractivity contribution in [3.8, 4) is 11.5 Å². The predicted molar refractivity (Wildman–Crippen MR) is 123 cm³/mol. The maximum Gasteiger partial charge on any atom is 0.311 e. The molecule has 0 fully saturated rings. The van der Waals surface area contributed by atoms with Crippen LogP contribution in [0.25, 0.3) is 0 Å². The first kappa shape index (κ1) is 26.2. The molecule has 0 saturated heterocycles. The minimum atomic E-state index is -0.261. The van der Waals surface area contributed by atoms with Gasteiger partial charge in [0.15, 0.2) is 11.5 Å². The molecule has 0 amide bonds. The van der Waals surface area contributed by atoms with Crippen molar-refractivity contribution in [3.63, 3.8) is 0 Å². The molecule has 0 aliphatic rings. The lowest BCUT2D eigenvalue weighted by atomic mass is 10.0. The van der Waals surface area contributed by atoms with Gasteiger partial charge in [-0.25, -0.2) is 0 Å². The number of para-hydroxylation sites is 1. The summed E-state index contributed by atoms with van der Waals surface area (Å²) in [6.07, 6.45) is 14.6. The Morgan fingerprint density at radius 2 is 1.20 bits per heavy atom. The molecule has 0 aromatic heterocycles. The van der Waals surface area contributed by atoms with E-state index in [2.05, 4.69) is 20.8 Å². The molecule has 1 aromatic rings. The number of hydrogen-bond acceptors (Lipinski definition) is 4. The van der Waals surface area contributed by atoms with E-state index in [4.69, 9.17) is 9.47 Å². The maximum absolute atomic E-state index is 12.4. The smallest absolute Gasteiger partial charge is 0.311 e. The standard InChI is InChI=1S/C26H42O4/c1-4-7-10-11-12-15-17-22-18-16-19-23(29-24(27)20-13-8-5-2)26(22)30-25(28)21-14-9-6-3/h16,18-19H,4-15,17,20-21H2,1-3H3. The third-order valence-corrected chi connectivity index (χ3v) is 5.27. The third kappa shape index (κ3) is 11.4. The molecule has 1 aromatic carbocycles. The molecular weight excluding hydrogens is 376 g/mol. The van der Waals surface area contributed by atoms with Crippen LogP contribution < -0.4 is 9.47 Å². The lowest BCUT2D eigenvalue weighted by molar-refractivity contribution is -0.137. The normalized spacial score (nSPS) is 10.8. The SMILES string of the molecule is CCCCCCCCc1cccc(OC(=O)CCCCC)c1OC(=O)CCCCC. The second-order valence-electron chi connectivity index (χ2n) is 8.12. The van der Waals surface area contributed by atoms with Gasteiger partial charge in [-0.15, -0.1) is 0 Å². The van der Waals surface area contributed by atoms with Crippen molar-refractivity contribution in [1.29, 1.82) is 0 Å². The zero-order valence-electron chi connectivity index (χ0n) is 19.5. The van der Waals surface area contributed by atoms with Gasteiger partial charge in [0, 0.05) is 12.8 Å². The van der Waals surface area contributed by atoms with Crippen molar-refractivity contribution >= 4 is 11.9 Å². The topological polar surface area (TPSA) is 52.6 Å². The molecule has 4 heteroatoms. The molecule has 0 spiro atoms. The summed E-state index contributed by atoms with van der Waals surface area (Å²) in [7, 11) is 0. The Bertz CT molecular complexity index is 609. The Labute approximate surface area is 183 Å². The van der Waals surface area contributed by atoms with Crippen LogP contribution in [0.5, 0.6) is 11.5 Å². The molecule has 0 saturated carbocycles. The van der Waals surface area contributed by atoms with Crippen LogP contribution in [-0.2, 0) is 16.0 Å². The molecule has 0 aliphatic heterocycles. The molecule has 0 N–H and O–H groups in total. The number of esters is 2. The van der Waals surface area contributed by atoms with Gasteiger partial charge in [0.05, 0.1) is 0 Å². The van der Waals surface area contributed by atoms with Gasteiger partial charge in [0.25, 0.3) is 0 Å². The summed E-state index contributed by atoms with van der Waals surface area (Å²) in [5.74, 6) is 0.311. The quantitative estimate of drug-likeness (QED) is 0.149. The van der Waals surface area contributed by atoms with Gasteiger partial charge in [-0.2, -0.15) is 0 Å². The molecule has 0 radical (unpaired) electrons. The summed E-state index contributed by atoms with van der Waals surface area (Å²) >= 11 is 0. The highest BCUT2D eigenvalue weighted by molar-refractivity contribution is 5.76. The average Bonchev–Trinajstić information content (AvgIpc) is 2.73. The van der Waals surface area contributed by atoms with E-state index in [-0.39, 0.29) is 11.9 Å². The summed E-state index contributed by atoms with van der Waals surface area (Å²) in [5.41, 5.74) is 0.952. The fourth-order valence-corrected chi connectivity index (χ4v) is 3.43. The van der Waals surface area contributed by atoms with Crippen molar-refractivity contribution < 1.29 is 19.1 Å². The molecule has 0 bridgehead atoms. The number of ether oxygens (including phenoxy) is 2. The molecule has 0 aliphatic carbocycles. The van der Waals surface area contributed by atoms with E-state index < -0.39 is 0 Å². The number of carbonyl (C=O) groups excluding carboxylic acids is 2. The Balaban J connectivity index is 2.80. The molecule has 0 atom stereocenters. The van der Waals surface area contributed by atoms with E-state index >= 15 is 0 Å². The van der Waals surface area contributed by atoms with Crippen molar-refractivity contribution in [3.05, 3.63) is 23.8 Å². The molecule has 30 heavy (non-hydrogen) atoms. The highest BCUT2D eigenvalue weighted by Gasteiger charge is 2.17. The lowest BCUT2D eigenvalue weighted by Gasteiger charge is -2.15. The molecule has 170 valence electrons. The Kier molecular flexibility index (Phi) is 14.8. The zero-order valence-corrected chi connectivity index (χ0v) is 19.5. The van der Waals surface area contributed by atoms with Crippen LogP contribution in [0, 0.1) is 0 Å². The zero-order chi connectivity index (χ0) is 22.0. The molecule has 4 nitrogen and oxygen atoms in total. The Hall–Kier alpha value is -1.84. The molecular formula is C26H42O4. The lowest BCUT2D eigenvalue weighted by Crippen LogP contribution is -2.13. The fourth-order valence-electron chi connectivity index (χ4n) is 3.43. The molecule has 0 heterocycles. The van der Waals surface area contributed by atoms with Crippen LogP contribution in [-0.4, -0.2) is 11.9 Å². The van der Waals surface area contributed by atoms with Gasteiger partial charge in [-0.3, -0.25) is 9.59 Å². The third-order valence-electron chi connectivity index (χ3n) is 5.27. The predicted octanol–water partition coefficient (Wildman–Crippen LogP) is 7.56. The second-order valence-corrected chi connectivity index (χ2v) is 8.12. The van der Waals surface area contributed by atoms with Gasteiger partial charge in [-0.1, -0.05) is 90.7 Å². The average molecular weight is 419 g/mol. The Morgan fingerprint density at radius 3 is 1.83 bits per heavy atom. The van der Waals surface area contributed by atoms with Gasteiger partial charge in [-0.05, 0) is 37.3 Å². The first-order valence-electron chi connectivity index (χ1n) is 12.2.